The average molecular weight is 486 g/mol. The number of hydrogen-bond donors (Lipinski definition) is 0. The molecule has 0 fully saturated rings. The minimum Gasteiger partial charge on any atom is -0.399 e. The van der Waals surface area contributed by atoms with Crippen molar-refractivity contribution in [3.63, 3.8) is 0 Å². The first-order valence-electron chi connectivity index (χ1n) is 11.7. The van der Waals surface area contributed by atoms with Crippen LogP contribution in [0.5, 0.6) is 0 Å². The summed E-state index contributed by atoms with van der Waals surface area (Å²) in [5, 5.41) is 24.3. The van der Waals surface area contributed by atoms with Crippen LogP contribution in [-0.2, 0) is 0 Å². The third kappa shape index (κ3) is 3.31. The van der Waals surface area contributed by atoms with E-state index in [0.717, 1.165) is 10.8 Å². The third-order valence-corrected chi connectivity index (χ3v) is 6.77. The lowest BCUT2D eigenvalue weighted by Crippen LogP contribution is -2.24. The highest BCUT2D eigenvalue weighted by Crippen LogP contribution is 2.22. The van der Waals surface area contributed by atoms with Gasteiger partial charge in [0, 0.05) is 45.3 Å². The molecule has 4 radical (unpaired) electrons. The minimum atomic E-state index is 0.192. The minimum absolute atomic E-state index is 0.192. The number of aromatic nitrogens is 6. The van der Waals surface area contributed by atoms with E-state index in [1.807, 2.05) is 48.5 Å². The van der Waals surface area contributed by atoms with Gasteiger partial charge in [-0.25, -0.2) is 19.9 Å². The molecule has 4 heterocycles. The standard InChI is InChI=1S/C28H16B2N8/c1-15-23-24(26(37(15)29)20(12-32)28-34-14-18-8-4-6-10-22(18)36-28)16(2)38(30)25(23)19(11-31)27-33-13-17-7-3-5-9-21(17)35-27/h3-10,13-14H,1-2H3/b25-19-,26-20-. The molecule has 174 valence electrons. The van der Waals surface area contributed by atoms with Crippen LogP contribution >= 0.6 is 0 Å². The highest BCUT2D eigenvalue weighted by molar-refractivity contribution is 6.14. The van der Waals surface area contributed by atoms with Gasteiger partial charge < -0.3 is 8.96 Å². The first-order valence-corrected chi connectivity index (χ1v) is 11.7. The van der Waals surface area contributed by atoms with Crippen molar-refractivity contribution in [3.05, 3.63) is 94.7 Å². The SMILES string of the molecule is [B]n1c(C)c2/c(=C(\C#N)c3ncc4ccccc4n3)n([B])c(C)c2/c1=C(\C#N)c1ncc2ccccc2n1. The van der Waals surface area contributed by atoms with Crippen LogP contribution in [0.3, 0.4) is 0 Å². The van der Waals surface area contributed by atoms with Crippen LogP contribution in [0.2, 0.25) is 0 Å². The number of hydrogen-bond acceptors (Lipinski definition) is 6. The summed E-state index contributed by atoms with van der Waals surface area (Å²) in [6, 6.07) is 19.5. The zero-order valence-corrected chi connectivity index (χ0v) is 20.5. The Labute approximate surface area is 219 Å². The summed E-state index contributed by atoms with van der Waals surface area (Å²) in [6.07, 6.45) is 3.35. The second kappa shape index (κ2) is 8.72. The molecule has 0 aliphatic heterocycles. The Morgan fingerprint density at radius 1 is 0.684 bits per heavy atom. The lowest BCUT2D eigenvalue weighted by Gasteiger charge is -2.06. The Morgan fingerprint density at radius 3 is 1.47 bits per heavy atom. The molecule has 0 spiro atoms. The predicted octanol–water partition coefficient (Wildman–Crippen LogP) is 2.25. The second-order valence-corrected chi connectivity index (χ2v) is 8.84. The van der Waals surface area contributed by atoms with Crippen LogP contribution in [0.25, 0.3) is 43.7 Å². The predicted molar refractivity (Wildman–Crippen MR) is 146 cm³/mol. The summed E-state index contributed by atoms with van der Waals surface area (Å²) in [6.45, 7) is 3.61. The topological polar surface area (TPSA) is 109 Å². The number of nitriles is 2. The molecule has 0 N–H and O–H groups in total. The number of aryl methyl sites for hydroxylation is 2. The van der Waals surface area contributed by atoms with Crippen LogP contribution in [0.1, 0.15) is 23.0 Å². The zero-order valence-electron chi connectivity index (χ0n) is 20.5. The van der Waals surface area contributed by atoms with Crippen molar-refractivity contribution in [1.82, 2.24) is 28.9 Å². The molecule has 0 saturated carbocycles. The fraction of sp³-hybridized carbons (Fsp3) is 0.0714. The monoisotopic (exact) mass is 486 g/mol. The van der Waals surface area contributed by atoms with E-state index in [-0.39, 0.29) is 22.8 Å². The molecular weight excluding hydrogens is 470 g/mol. The molecule has 0 aliphatic carbocycles. The van der Waals surface area contributed by atoms with E-state index in [1.165, 1.54) is 8.96 Å². The van der Waals surface area contributed by atoms with Gasteiger partial charge in [-0.2, -0.15) is 10.5 Å². The van der Waals surface area contributed by atoms with E-state index in [4.69, 9.17) is 16.0 Å². The Hall–Kier alpha value is -5.21. The molecule has 0 atom stereocenters. The lowest BCUT2D eigenvalue weighted by atomic mass is 10.1. The van der Waals surface area contributed by atoms with E-state index in [1.54, 1.807) is 26.2 Å². The molecule has 0 bridgehead atoms. The Bertz CT molecular complexity index is 2000. The Kier molecular flexibility index (Phi) is 5.32. The third-order valence-electron chi connectivity index (χ3n) is 6.77. The van der Waals surface area contributed by atoms with Gasteiger partial charge in [-0.1, -0.05) is 36.4 Å². The molecule has 0 saturated heterocycles. The fourth-order valence-corrected chi connectivity index (χ4v) is 4.85. The normalized spacial score (nSPS) is 12.9. The number of benzene rings is 2. The van der Waals surface area contributed by atoms with Crippen molar-refractivity contribution < 1.29 is 0 Å². The van der Waals surface area contributed by atoms with Gasteiger partial charge in [0.1, 0.15) is 23.3 Å². The molecule has 6 aromatic rings. The summed E-state index contributed by atoms with van der Waals surface area (Å²) in [5.41, 5.74) is 3.01. The van der Waals surface area contributed by atoms with Crippen molar-refractivity contribution in [2.24, 2.45) is 0 Å². The molecule has 4 aromatic heterocycles. The van der Waals surface area contributed by atoms with Gasteiger partial charge >= 0.3 is 0 Å². The van der Waals surface area contributed by atoms with Crippen molar-refractivity contribution in [2.45, 2.75) is 13.8 Å². The maximum atomic E-state index is 10.2. The van der Waals surface area contributed by atoms with Crippen molar-refractivity contribution in [2.75, 3.05) is 0 Å². The quantitative estimate of drug-likeness (QED) is 0.348. The average Bonchev–Trinajstić information content (AvgIpc) is 3.35. The van der Waals surface area contributed by atoms with Crippen molar-refractivity contribution in [1.29, 1.82) is 10.5 Å². The van der Waals surface area contributed by atoms with Gasteiger partial charge in [0.15, 0.2) is 11.6 Å². The van der Waals surface area contributed by atoms with Crippen LogP contribution in [0, 0.1) is 36.5 Å². The van der Waals surface area contributed by atoms with Crippen LogP contribution in [0.4, 0.5) is 0 Å². The highest BCUT2D eigenvalue weighted by atomic mass is 15.0. The molecule has 38 heavy (non-hydrogen) atoms. The van der Waals surface area contributed by atoms with Crippen molar-refractivity contribution >= 4 is 59.7 Å². The van der Waals surface area contributed by atoms with Gasteiger partial charge in [0.25, 0.3) is 0 Å². The molecule has 8 nitrogen and oxygen atoms in total. The summed E-state index contributed by atoms with van der Waals surface area (Å²) in [5.74, 6) is 0.482. The summed E-state index contributed by atoms with van der Waals surface area (Å²) < 4.78 is 2.85. The van der Waals surface area contributed by atoms with Gasteiger partial charge in [-0.3, -0.25) is 0 Å². The molecule has 2 aromatic carbocycles. The summed E-state index contributed by atoms with van der Waals surface area (Å²) in [4.78, 5) is 18.1. The Balaban J connectivity index is 1.75. The van der Waals surface area contributed by atoms with Crippen molar-refractivity contribution in [3.8, 4) is 12.1 Å². The summed E-state index contributed by atoms with van der Waals surface area (Å²) >= 11 is 0. The molecular formula is C28H16B2N8. The van der Waals surface area contributed by atoms with Crippen LogP contribution in [-0.4, -0.2) is 44.9 Å². The van der Waals surface area contributed by atoms with E-state index >= 15 is 0 Å². The Morgan fingerprint density at radius 2 is 1.08 bits per heavy atom. The van der Waals surface area contributed by atoms with E-state index < -0.39 is 0 Å². The molecule has 0 unspecified atom stereocenters. The maximum Gasteiger partial charge on any atom is 0.234 e. The van der Waals surface area contributed by atoms with Gasteiger partial charge in [-0.05, 0) is 26.0 Å². The van der Waals surface area contributed by atoms with Gasteiger partial charge in [0.05, 0.1) is 21.7 Å². The first kappa shape index (κ1) is 23.2. The highest BCUT2D eigenvalue weighted by Gasteiger charge is 2.22. The van der Waals surface area contributed by atoms with Crippen LogP contribution < -0.4 is 10.7 Å². The molecule has 6 rings (SSSR count). The zero-order chi connectivity index (χ0) is 26.6. The largest absolute Gasteiger partial charge is 0.399 e. The second-order valence-electron chi connectivity index (χ2n) is 8.84. The first-order chi connectivity index (χ1) is 18.4. The number of nitrogens with zero attached hydrogens (tertiary/aromatic N) is 8. The lowest BCUT2D eigenvalue weighted by molar-refractivity contribution is 1.06. The van der Waals surface area contributed by atoms with Gasteiger partial charge in [-0.15, -0.1) is 0 Å². The number of para-hydroxylation sites is 2. The smallest absolute Gasteiger partial charge is 0.234 e. The summed E-state index contributed by atoms with van der Waals surface area (Å²) in [7, 11) is 13.1. The van der Waals surface area contributed by atoms with Crippen LogP contribution in [0.15, 0.2) is 60.9 Å². The van der Waals surface area contributed by atoms with E-state index in [2.05, 4.69) is 32.1 Å². The molecule has 0 amide bonds. The van der Waals surface area contributed by atoms with Gasteiger partial charge in [0.2, 0.25) is 16.0 Å². The van der Waals surface area contributed by atoms with E-state index in [0.29, 0.717) is 43.9 Å². The van der Waals surface area contributed by atoms with E-state index in [9.17, 15) is 10.5 Å². The number of rotatable bonds is 2. The fourth-order valence-electron chi connectivity index (χ4n) is 4.85. The molecule has 10 heteroatoms. The molecule has 0 aliphatic rings. The number of fused-ring (bicyclic) bond motifs is 3. The maximum absolute atomic E-state index is 10.2.